The van der Waals surface area contributed by atoms with Crippen molar-refractivity contribution in [2.24, 2.45) is 0 Å². The number of rotatable bonds is 4. The Bertz CT molecular complexity index is 705. The first kappa shape index (κ1) is 17.8. The van der Waals surface area contributed by atoms with E-state index in [4.69, 9.17) is 12.2 Å². The molecule has 0 aromatic heterocycles. The maximum absolute atomic E-state index is 11.9. The molecule has 1 amide bonds. The molecule has 0 aliphatic carbocycles. The summed E-state index contributed by atoms with van der Waals surface area (Å²) in [6.07, 6.45) is 4.15. The van der Waals surface area contributed by atoms with Crippen LogP contribution in [0.1, 0.15) is 31.9 Å². The first-order chi connectivity index (χ1) is 10.8. The molecule has 1 aliphatic heterocycles. The number of fused-ring (bicyclic) bond motifs is 1. The van der Waals surface area contributed by atoms with Crippen molar-refractivity contribution in [3.63, 3.8) is 0 Å². The van der Waals surface area contributed by atoms with Crippen molar-refractivity contribution in [1.82, 2.24) is 5.32 Å². The minimum atomic E-state index is -0.126. The van der Waals surface area contributed by atoms with Gasteiger partial charge in [0, 0.05) is 30.0 Å². The van der Waals surface area contributed by atoms with Crippen LogP contribution in [0.15, 0.2) is 29.2 Å². The van der Waals surface area contributed by atoms with Gasteiger partial charge in [-0.2, -0.15) is 0 Å². The minimum Gasteiger partial charge on any atom is -0.366 e. The molecule has 0 unspecified atom stereocenters. The van der Waals surface area contributed by atoms with E-state index in [1.807, 2.05) is 12.1 Å². The smallest absolute Gasteiger partial charge is 0.257 e. The molecule has 2 rings (SSSR count). The third kappa shape index (κ3) is 3.67. The lowest BCUT2D eigenvalue weighted by Gasteiger charge is -2.40. The largest absolute Gasteiger partial charge is 0.366 e. The fourth-order valence-electron chi connectivity index (χ4n) is 2.75. The number of hydrogen-bond acceptors (Lipinski definition) is 4. The number of amides is 1. The van der Waals surface area contributed by atoms with Gasteiger partial charge in [-0.05, 0) is 50.1 Å². The van der Waals surface area contributed by atoms with E-state index < -0.39 is 0 Å². The van der Waals surface area contributed by atoms with E-state index in [9.17, 15) is 4.79 Å². The first-order valence-corrected chi connectivity index (χ1v) is 8.77. The second kappa shape index (κ2) is 6.89. The molecule has 23 heavy (non-hydrogen) atoms. The lowest BCUT2D eigenvalue weighted by atomic mass is 9.88. The van der Waals surface area contributed by atoms with Crippen LogP contribution in [0.25, 0.3) is 11.6 Å². The molecule has 1 heterocycles. The molecule has 3 nitrogen and oxygen atoms in total. The summed E-state index contributed by atoms with van der Waals surface area (Å²) in [5, 5.41) is 2.65. The molecule has 0 fully saturated rings. The maximum atomic E-state index is 11.9. The van der Waals surface area contributed by atoms with Gasteiger partial charge in [0.05, 0.1) is 10.4 Å². The van der Waals surface area contributed by atoms with E-state index in [1.165, 1.54) is 33.3 Å². The molecule has 0 radical (unpaired) electrons. The lowest BCUT2D eigenvalue weighted by molar-refractivity contribution is -0.116. The Kier molecular flexibility index (Phi) is 5.32. The van der Waals surface area contributed by atoms with Gasteiger partial charge in [-0.15, -0.1) is 0 Å². The second-order valence-electron chi connectivity index (χ2n) is 6.12. The van der Waals surface area contributed by atoms with Gasteiger partial charge in [0.15, 0.2) is 0 Å². The highest BCUT2D eigenvalue weighted by molar-refractivity contribution is 8.24. The summed E-state index contributed by atoms with van der Waals surface area (Å²) in [5.74, 6) is -0.126. The highest BCUT2D eigenvalue weighted by Crippen LogP contribution is 2.38. The zero-order valence-corrected chi connectivity index (χ0v) is 15.8. The van der Waals surface area contributed by atoms with E-state index in [-0.39, 0.29) is 11.4 Å². The van der Waals surface area contributed by atoms with Gasteiger partial charge in [-0.1, -0.05) is 36.1 Å². The molecule has 1 aromatic carbocycles. The highest BCUT2D eigenvalue weighted by Gasteiger charge is 2.28. The summed E-state index contributed by atoms with van der Waals surface area (Å²) in [5.41, 5.74) is 4.64. The molecule has 1 aliphatic rings. The number of hydrogen-bond donors (Lipinski definition) is 1. The van der Waals surface area contributed by atoms with Crippen LogP contribution in [0.3, 0.4) is 0 Å². The Labute approximate surface area is 147 Å². The molecule has 0 saturated carbocycles. The van der Waals surface area contributed by atoms with Gasteiger partial charge >= 0.3 is 0 Å². The summed E-state index contributed by atoms with van der Waals surface area (Å²) in [6.45, 7) is 6.53. The van der Waals surface area contributed by atoms with Crippen LogP contribution in [0.2, 0.25) is 0 Å². The zero-order valence-electron chi connectivity index (χ0n) is 14.1. The molecule has 0 bridgehead atoms. The number of thiocarbonyl (C=S) groups is 1. The fourth-order valence-corrected chi connectivity index (χ4v) is 3.57. The number of carbonyl (C=O) groups excluding carboxylic acids is 1. The van der Waals surface area contributed by atoms with Crippen LogP contribution in [-0.2, 0) is 4.79 Å². The molecule has 0 saturated heterocycles. The SMILES string of the molecule is CNC(=O)/C(=C/c1ccc2c(c1)C(C)=CC(C)(C)N2C)SC=S. The van der Waals surface area contributed by atoms with E-state index in [0.29, 0.717) is 4.91 Å². The van der Waals surface area contributed by atoms with Crippen LogP contribution >= 0.6 is 24.0 Å². The standard InChI is InChI=1S/C18H22N2OS2/c1-12-10-18(2,3)20(5)15-7-6-13(8-14(12)15)9-16(23-11-22)17(21)19-4/h6-11H,1-5H3,(H,19,21)/b16-9-. The predicted molar refractivity (Wildman–Crippen MR) is 106 cm³/mol. The number of allylic oxidation sites excluding steroid dienone is 1. The van der Waals surface area contributed by atoms with Crippen LogP contribution in [0.4, 0.5) is 5.69 Å². The third-order valence-corrected chi connectivity index (χ3v) is 5.11. The molecule has 1 N–H and O–H groups in total. The molecular weight excluding hydrogens is 324 g/mol. The average molecular weight is 347 g/mol. The van der Waals surface area contributed by atoms with Gasteiger partial charge in [-0.3, -0.25) is 4.79 Å². The Morgan fingerprint density at radius 1 is 1.39 bits per heavy atom. The van der Waals surface area contributed by atoms with E-state index in [2.05, 4.69) is 56.2 Å². The number of carbonyl (C=O) groups is 1. The number of nitrogens with zero attached hydrogens (tertiary/aromatic N) is 1. The second-order valence-corrected chi connectivity index (χ2v) is 7.56. The first-order valence-electron chi connectivity index (χ1n) is 7.42. The Balaban J connectivity index is 2.48. The quantitative estimate of drug-likeness (QED) is 0.657. The van der Waals surface area contributed by atoms with E-state index in [0.717, 1.165) is 5.56 Å². The van der Waals surface area contributed by atoms with Gasteiger partial charge < -0.3 is 10.2 Å². The van der Waals surface area contributed by atoms with Crippen LogP contribution < -0.4 is 10.2 Å². The molecular formula is C18H22N2OS2. The normalized spacial score (nSPS) is 16.5. The summed E-state index contributed by atoms with van der Waals surface area (Å²) in [7, 11) is 3.73. The van der Waals surface area contributed by atoms with Crippen molar-refractivity contribution >= 4 is 51.9 Å². The number of anilines is 1. The molecule has 5 heteroatoms. The minimum absolute atomic E-state index is 0.00512. The molecule has 0 spiro atoms. The maximum Gasteiger partial charge on any atom is 0.257 e. The predicted octanol–water partition coefficient (Wildman–Crippen LogP) is 4.10. The lowest BCUT2D eigenvalue weighted by Crippen LogP contribution is -2.42. The van der Waals surface area contributed by atoms with Gasteiger partial charge in [0.2, 0.25) is 0 Å². The number of thioether (sulfide) groups is 1. The molecule has 0 atom stereocenters. The van der Waals surface area contributed by atoms with Crippen molar-refractivity contribution in [3.05, 3.63) is 40.3 Å². The van der Waals surface area contributed by atoms with E-state index >= 15 is 0 Å². The van der Waals surface area contributed by atoms with Crippen molar-refractivity contribution in [2.75, 3.05) is 19.0 Å². The highest BCUT2D eigenvalue weighted by atomic mass is 32.2. The summed E-state index contributed by atoms with van der Waals surface area (Å²) in [4.78, 5) is 14.8. The van der Waals surface area contributed by atoms with Crippen molar-refractivity contribution in [3.8, 4) is 0 Å². The number of nitrogens with one attached hydrogen (secondary N) is 1. The number of benzene rings is 1. The monoisotopic (exact) mass is 346 g/mol. The fraction of sp³-hybridized carbons (Fsp3) is 0.333. The topological polar surface area (TPSA) is 32.3 Å². The van der Waals surface area contributed by atoms with Crippen LogP contribution in [0, 0.1) is 0 Å². The van der Waals surface area contributed by atoms with Gasteiger partial charge in [-0.25, -0.2) is 0 Å². The van der Waals surface area contributed by atoms with Crippen LogP contribution in [0.5, 0.6) is 0 Å². The van der Waals surface area contributed by atoms with Crippen molar-refractivity contribution in [1.29, 1.82) is 0 Å². The molecule has 1 aromatic rings. The Hall–Kier alpha value is -1.59. The molecule has 122 valence electrons. The Morgan fingerprint density at radius 3 is 2.70 bits per heavy atom. The third-order valence-electron chi connectivity index (χ3n) is 4.16. The van der Waals surface area contributed by atoms with Crippen LogP contribution in [-0.4, -0.2) is 30.2 Å². The zero-order chi connectivity index (χ0) is 17.2. The van der Waals surface area contributed by atoms with Crippen molar-refractivity contribution < 1.29 is 4.79 Å². The summed E-state index contributed by atoms with van der Waals surface area (Å²) in [6, 6.07) is 6.28. The van der Waals surface area contributed by atoms with Gasteiger partial charge in [0.1, 0.15) is 0 Å². The van der Waals surface area contributed by atoms with Gasteiger partial charge in [0.25, 0.3) is 5.91 Å². The summed E-state index contributed by atoms with van der Waals surface area (Å²) >= 11 is 6.13. The van der Waals surface area contributed by atoms with Crippen molar-refractivity contribution in [2.45, 2.75) is 26.3 Å². The average Bonchev–Trinajstić information content (AvgIpc) is 2.51. The Morgan fingerprint density at radius 2 is 2.09 bits per heavy atom. The van der Waals surface area contributed by atoms with E-state index in [1.54, 1.807) is 7.05 Å². The number of likely N-dealkylation sites (N-methyl/N-ethyl adjacent to an activating group) is 2. The summed E-state index contributed by atoms with van der Waals surface area (Å²) < 4.78 is 1.50.